The number of ketones is 2. The predicted octanol–water partition coefficient (Wildman–Crippen LogP) is 16.3. The second kappa shape index (κ2) is 16.1. The summed E-state index contributed by atoms with van der Waals surface area (Å²) >= 11 is 0. The lowest BCUT2D eigenvalue weighted by Crippen LogP contribution is -2.27. The van der Waals surface area contributed by atoms with Crippen LogP contribution in [0.5, 0.6) is 0 Å². The van der Waals surface area contributed by atoms with Crippen LogP contribution in [-0.2, 0) is 34.5 Å². The van der Waals surface area contributed by atoms with E-state index in [2.05, 4.69) is 197 Å². The Bertz CT molecular complexity index is 2620. The van der Waals surface area contributed by atoms with Crippen LogP contribution in [0.1, 0.15) is 190 Å². The first-order valence-electron chi connectivity index (χ1n) is 22.9. The fraction of sp³-hybridized carbons (Fsp3) is 0.433. The third-order valence-corrected chi connectivity index (χ3v) is 12.7. The molecule has 0 heterocycles. The first kappa shape index (κ1) is 46.7. The standard InChI is InChI=1S/C21H24O.C21H26.C18H24O/c1-20(2,3)17-14-11-7-9-13-10-8-12-15(16(13)14)19(22)18(17)21(4,5)6;1-20(2,3)18-12-15-11-14-9-7-8-10-16(14)17(15)13-19(18)21(4,5)6;1-17(2,3)14-10-12-8-7-9-16(19)13(12)11-15(14)18(4,5)6/h7-12H,1-6H3;7-10,12-13H,11H2,1-6H3;7,9-11H,8H2,1-6H3. The molecule has 2 heteroatoms. The second-order valence-electron chi connectivity index (χ2n) is 24.2. The molecule has 5 aromatic rings. The zero-order valence-electron chi connectivity index (χ0n) is 41.5. The van der Waals surface area contributed by atoms with Crippen molar-refractivity contribution in [3.8, 4) is 11.1 Å². The summed E-state index contributed by atoms with van der Waals surface area (Å²) in [6.07, 6.45) is 5.62. The number of carbonyl (C=O) groups excluding carboxylic acids is 2. The molecule has 0 atom stereocenters. The Balaban J connectivity index is 0.000000156. The number of benzene rings is 5. The molecule has 326 valence electrons. The van der Waals surface area contributed by atoms with Gasteiger partial charge in [-0.1, -0.05) is 210 Å². The summed E-state index contributed by atoms with van der Waals surface area (Å²) in [7, 11) is 0. The molecule has 0 radical (unpaired) electrons. The molecule has 0 aliphatic heterocycles. The van der Waals surface area contributed by atoms with Gasteiger partial charge in [-0.2, -0.15) is 0 Å². The molecule has 62 heavy (non-hydrogen) atoms. The molecule has 0 fully saturated rings. The summed E-state index contributed by atoms with van der Waals surface area (Å²) in [5.74, 6) is 0.342. The molecule has 0 amide bonds. The Labute approximate surface area is 375 Å². The minimum absolute atomic E-state index is 0.0546. The lowest BCUT2D eigenvalue weighted by atomic mass is 9.66. The zero-order chi connectivity index (χ0) is 46.1. The third-order valence-electron chi connectivity index (χ3n) is 12.7. The smallest absolute Gasteiger partial charge is 0.190 e. The van der Waals surface area contributed by atoms with Gasteiger partial charge in [0.1, 0.15) is 0 Å². The van der Waals surface area contributed by atoms with E-state index in [0.29, 0.717) is 0 Å². The molecule has 5 aromatic carbocycles. The lowest BCUT2D eigenvalue weighted by Gasteiger charge is -2.36. The van der Waals surface area contributed by atoms with E-state index in [4.69, 9.17) is 0 Å². The summed E-state index contributed by atoms with van der Waals surface area (Å²) in [5, 5.41) is 2.27. The van der Waals surface area contributed by atoms with Gasteiger partial charge in [-0.3, -0.25) is 9.59 Å². The van der Waals surface area contributed by atoms with Crippen LogP contribution < -0.4 is 0 Å². The molecule has 0 bridgehead atoms. The van der Waals surface area contributed by atoms with E-state index in [9.17, 15) is 9.59 Å². The van der Waals surface area contributed by atoms with E-state index in [-0.39, 0.29) is 44.1 Å². The van der Waals surface area contributed by atoms with Gasteiger partial charge in [0.2, 0.25) is 0 Å². The van der Waals surface area contributed by atoms with Crippen LogP contribution in [0.4, 0.5) is 0 Å². The van der Waals surface area contributed by atoms with Gasteiger partial charge in [0.15, 0.2) is 11.6 Å². The van der Waals surface area contributed by atoms with Crippen LogP contribution in [0.15, 0.2) is 103 Å². The van der Waals surface area contributed by atoms with Gasteiger partial charge in [-0.25, -0.2) is 0 Å². The van der Waals surface area contributed by atoms with Crippen molar-refractivity contribution < 1.29 is 9.59 Å². The van der Waals surface area contributed by atoms with E-state index < -0.39 is 0 Å². The van der Waals surface area contributed by atoms with Gasteiger partial charge in [-0.05, 0) is 124 Å². The molecular formula is C60H74O2. The number of carbonyl (C=O) groups is 2. The van der Waals surface area contributed by atoms with Gasteiger partial charge >= 0.3 is 0 Å². The molecule has 3 aliphatic rings. The van der Waals surface area contributed by atoms with Crippen molar-refractivity contribution in [2.24, 2.45) is 10.8 Å². The minimum atomic E-state index is -0.171. The lowest BCUT2D eigenvalue weighted by molar-refractivity contribution is 0.101. The largest absolute Gasteiger partial charge is 0.289 e. The van der Waals surface area contributed by atoms with E-state index in [1.807, 2.05) is 18.2 Å². The van der Waals surface area contributed by atoms with Crippen molar-refractivity contribution in [1.29, 1.82) is 0 Å². The highest BCUT2D eigenvalue weighted by Gasteiger charge is 2.38. The molecule has 0 unspecified atom stereocenters. The van der Waals surface area contributed by atoms with Crippen molar-refractivity contribution in [3.63, 3.8) is 0 Å². The summed E-state index contributed by atoms with van der Waals surface area (Å²) < 4.78 is 0. The fourth-order valence-electron chi connectivity index (χ4n) is 9.71. The average Bonchev–Trinajstić information content (AvgIpc) is 3.51. The molecule has 2 nitrogen and oxygen atoms in total. The summed E-state index contributed by atoms with van der Waals surface area (Å²) in [6, 6.07) is 30.6. The first-order chi connectivity index (χ1) is 28.4. The van der Waals surface area contributed by atoms with Crippen LogP contribution in [0, 0.1) is 10.8 Å². The van der Waals surface area contributed by atoms with E-state index in [1.54, 1.807) is 6.08 Å². The number of hydrogen-bond acceptors (Lipinski definition) is 2. The maximum atomic E-state index is 13.2. The van der Waals surface area contributed by atoms with E-state index >= 15 is 0 Å². The molecule has 8 rings (SSSR count). The maximum absolute atomic E-state index is 13.2. The van der Waals surface area contributed by atoms with Gasteiger partial charge in [0, 0.05) is 22.1 Å². The Kier molecular flexibility index (Phi) is 12.1. The molecular weight excluding hydrogens is 753 g/mol. The van der Waals surface area contributed by atoms with Gasteiger partial charge in [0.05, 0.1) is 0 Å². The van der Waals surface area contributed by atoms with Crippen LogP contribution in [-0.4, -0.2) is 11.6 Å². The van der Waals surface area contributed by atoms with Crippen LogP contribution >= 0.6 is 0 Å². The summed E-state index contributed by atoms with van der Waals surface area (Å²) in [6.45, 7) is 40.3. The quantitative estimate of drug-likeness (QED) is 0.153. The summed E-state index contributed by atoms with van der Waals surface area (Å²) in [5.41, 5.74) is 18.1. The molecule has 0 saturated carbocycles. The van der Waals surface area contributed by atoms with Crippen LogP contribution in [0.25, 0.3) is 27.5 Å². The number of Topliss-reactive ketones (excluding diaryl/α,β-unsaturated/α-hetero) is 1. The maximum Gasteiger partial charge on any atom is 0.190 e. The van der Waals surface area contributed by atoms with E-state index in [0.717, 1.165) is 40.3 Å². The highest BCUT2D eigenvalue weighted by atomic mass is 16.1. The van der Waals surface area contributed by atoms with Crippen LogP contribution in [0.3, 0.4) is 0 Å². The molecule has 0 spiro atoms. The second-order valence-corrected chi connectivity index (χ2v) is 24.2. The number of fused-ring (bicyclic) bond motifs is 4. The van der Waals surface area contributed by atoms with Crippen molar-refractivity contribution in [2.75, 3.05) is 0 Å². The Hall–Kier alpha value is -4.82. The Morgan fingerprint density at radius 1 is 0.387 bits per heavy atom. The van der Waals surface area contributed by atoms with Gasteiger partial charge in [0.25, 0.3) is 0 Å². The predicted molar refractivity (Wildman–Crippen MR) is 267 cm³/mol. The highest BCUT2D eigenvalue weighted by Crippen LogP contribution is 2.50. The molecule has 0 aromatic heterocycles. The SMILES string of the molecule is CC(C)(C)C1=C(C(C)(C)C)c2cccc3cccc(c23)C1=O.CC(C)(C)c1cc2c(cc1C(C)(C)C)-c1ccccc1C2.CC(C)(C)c1cc2c(cc1C(C)(C)C)C(=O)C=CC2. The summed E-state index contributed by atoms with van der Waals surface area (Å²) in [4.78, 5) is 25.3. The van der Waals surface area contributed by atoms with E-state index in [1.165, 1.54) is 61.2 Å². The molecule has 3 aliphatic carbocycles. The highest BCUT2D eigenvalue weighted by molar-refractivity contribution is 6.25. The average molecular weight is 827 g/mol. The topological polar surface area (TPSA) is 34.1 Å². The molecule has 0 saturated heterocycles. The Morgan fingerprint density at radius 2 is 0.839 bits per heavy atom. The monoisotopic (exact) mass is 827 g/mol. The van der Waals surface area contributed by atoms with Crippen molar-refractivity contribution in [1.82, 2.24) is 0 Å². The normalized spacial score (nSPS) is 15.1. The van der Waals surface area contributed by atoms with Gasteiger partial charge in [-0.15, -0.1) is 0 Å². The zero-order valence-corrected chi connectivity index (χ0v) is 41.5. The van der Waals surface area contributed by atoms with Crippen LogP contribution in [0.2, 0.25) is 0 Å². The van der Waals surface area contributed by atoms with Crippen molar-refractivity contribution >= 4 is 27.9 Å². The fourth-order valence-corrected chi connectivity index (χ4v) is 9.71. The number of hydrogen-bond donors (Lipinski definition) is 0. The van der Waals surface area contributed by atoms with Gasteiger partial charge < -0.3 is 0 Å². The van der Waals surface area contributed by atoms with Crippen molar-refractivity contribution in [3.05, 3.63) is 158 Å². The van der Waals surface area contributed by atoms with Crippen molar-refractivity contribution in [2.45, 2.75) is 159 Å². The Morgan fingerprint density at radius 3 is 1.35 bits per heavy atom. The first-order valence-corrected chi connectivity index (χ1v) is 22.9. The number of allylic oxidation sites excluding steroid dienone is 4. The number of rotatable bonds is 0. The minimum Gasteiger partial charge on any atom is -0.289 e. The third kappa shape index (κ3) is 9.27. The molecule has 0 N–H and O–H groups in total.